The molecule has 0 bridgehead atoms. The van der Waals surface area contributed by atoms with Crippen LogP contribution in [-0.4, -0.2) is 67.6 Å². The van der Waals surface area contributed by atoms with Crippen LogP contribution in [0.5, 0.6) is 0 Å². The van der Waals surface area contributed by atoms with Crippen LogP contribution in [-0.2, 0) is 20.7 Å². The Morgan fingerprint density at radius 1 is 1.26 bits per heavy atom. The lowest BCUT2D eigenvalue weighted by Crippen LogP contribution is -2.48. The maximum atomic E-state index is 13.0. The molecular weight excluding hydrogens is 482 g/mol. The smallest absolute Gasteiger partial charge is 0.410 e. The molecule has 0 aromatic heterocycles. The molecule has 3 rings (SSSR count). The molecule has 2 amide bonds. The Morgan fingerprint density at radius 2 is 1.97 bits per heavy atom. The van der Waals surface area contributed by atoms with E-state index >= 15 is 0 Å². The minimum absolute atomic E-state index is 0.0675. The number of ether oxygens (including phenoxy) is 2. The van der Waals surface area contributed by atoms with Crippen molar-refractivity contribution in [2.75, 3.05) is 32.1 Å². The topological polar surface area (TPSA) is 128 Å². The number of hydrogen-bond acceptors (Lipinski definition) is 7. The van der Waals surface area contributed by atoms with Gasteiger partial charge in [-0.05, 0) is 62.4 Å². The summed E-state index contributed by atoms with van der Waals surface area (Å²) in [6.07, 6.45) is 0.883. The summed E-state index contributed by atoms with van der Waals surface area (Å²) in [5, 5.41) is 23.2. The predicted molar refractivity (Wildman–Crippen MR) is 147 cm³/mol. The van der Waals surface area contributed by atoms with Crippen molar-refractivity contribution in [1.29, 1.82) is 10.7 Å². The molecule has 1 saturated heterocycles. The fourth-order valence-corrected chi connectivity index (χ4v) is 4.27. The Labute approximate surface area is 224 Å². The number of aryl methyl sites for hydroxylation is 1. The van der Waals surface area contributed by atoms with Gasteiger partial charge in [0.05, 0.1) is 12.6 Å². The molecule has 0 radical (unpaired) electrons. The SMILES string of the molecule is CNc1cc(-c2ccc(C[C@@H](C#N)NC(=O)[C@@H]3CN(C(=O)OC(C)(C)C)CCCO3)c(C)c2)ccc1C=N. The Hall–Kier alpha value is -3.90. The first-order valence-corrected chi connectivity index (χ1v) is 12.8. The van der Waals surface area contributed by atoms with Crippen LogP contribution in [0.1, 0.15) is 43.9 Å². The van der Waals surface area contributed by atoms with Gasteiger partial charge in [-0.2, -0.15) is 5.26 Å². The van der Waals surface area contributed by atoms with Gasteiger partial charge in [-0.25, -0.2) is 4.79 Å². The Bertz CT molecular complexity index is 1210. The second kappa shape index (κ2) is 12.6. The number of rotatable bonds is 7. The van der Waals surface area contributed by atoms with Crippen molar-refractivity contribution in [3.8, 4) is 17.2 Å². The van der Waals surface area contributed by atoms with E-state index in [0.29, 0.717) is 26.0 Å². The van der Waals surface area contributed by atoms with E-state index in [4.69, 9.17) is 14.9 Å². The number of benzene rings is 2. The summed E-state index contributed by atoms with van der Waals surface area (Å²) in [5.74, 6) is -0.424. The van der Waals surface area contributed by atoms with Crippen molar-refractivity contribution in [2.24, 2.45) is 0 Å². The summed E-state index contributed by atoms with van der Waals surface area (Å²) in [6, 6.07) is 13.3. The van der Waals surface area contributed by atoms with Gasteiger partial charge in [-0.15, -0.1) is 0 Å². The average Bonchev–Trinajstić information content (AvgIpc) is 3.14. The summed E-state index contributed by atoms with van der Waals surface area (Å²) in [6.45, 7) is 8.21. The number of hydrogen-bond donors (Lipinski definition) is 3. The molecule has 9 nitrogen and oxygen atoms in total. The van der Waals surface area contributed by atoms with E-state index in [0.717, 1.165) is 33.5 Å². The Morgan fingerprint density at radius 3 is 2.61 bits per heavy atom. The molecule has 0 spiro atoms. The fraction of sp³-hybridized carbons (Fsp3) is 0.448. The molecule has 0 unspecified atom stereocenters. The summed E-state index contributed by atoms with van der Waals surface area (Å²) in [5.41, 5.74) is 5.02. The molecule has 2 atom stereocenters. The number of nitrogens with zero attached hydrogens (tertiary/aromatic N) is 2. The van der Waals surface area contributed by atoms with Gasteiger partial charge in [0.15, 0.2) is 6.10 Å². The van der Waals surface area contributed by atoms with Crippen molar-refractivity contribution in [1.82, 2.24) is 10.2 Å². The molecule has 1 aliphatic heterocycles. The van der Waals surface area contributed by atoms with E-state index in [2.05, 4.69) is 22.8 Å². The number of carbonyl (C=O) groups excluding carboxylic acids is 2. The van der Waals surface area contributed by atoms with Gasteiger partial charge in [-0.1, -0.05) is 30.3 Å². The molecule has 2 aromatic carbocycles. The first-order valence-electron chi connectivity index (χ1n) is 12.8. The zero-order valence-corrected chi connectivity index (χ0v) is 22.8. The molecule has 1 fully saturated rings. The number of amides is 2. The van der Waals surface area contributed by atoms with Crippen LogP contribution in [0.25, 0.3) is 11.1 Å². The van der Waals surface area contributed by atoms with Gasteiger partial charge < -0.3 is 30.4 Å². The van der Waals surface area contributed by atoms with Gasteiger partial charge in [0.1, 0.15) is 11.6 Å². The van der Waals surface area contributed by atoms with Crippen molar-refractivity contribution in [2.45, 2.75) is 58.3 Å². The lowest BCUT2D eigenvalue weighted by Gasteiger charge is -2.27. The minimum Gasteiger partial charge on any atom is -0.444 e. The van der Waals surface area contributed by atoms with E-state index in [1.807, 2.05) is 44.3 Å². The maximum absolute atomic E-state index is 13.0. The van der Waals surface area contributed by atoms with Crippen LogP contribution in [0.2, 0.25) is 0 Å². The third-order valence-electron chi connectivity index (χ3n) is 6.27. The molecule has 9 heteroatoms. The predicted octanol–water partition coefficient (Wildman–Crippen LogP) is 4.28. The van der Waals surface area contributed by atoms with Gasteiger partial charge in [0.2, 0.25) is 0 Å². The molecule has 3 N–H and O–H groups in total. The van der Waals surface area contributed by atoms with E-state index in [9.17, 15) is 14.9 Å². The van der Waals surface area contributed by atoms with E-state index in [1.165, 1.54) is 11.1 Å². The highest BCUT2D eigenvalue weighted by atomic mass is 16.6. The van der Waals surface area contributed by atoms with Crippen LogP contribution in [0.15, 0.2) is 36.4 Å². The van der Waals surface area contributed by atoms with Crippen LogP contribution < -0.4 is 10.6 Å². The summed E-state index contributed by atoms with van der Waals surface area (Å²) >= 11 is 0. The maximum Gasteiger partial charge on any atom is 0.410 e. The average molecular weight is 520 g/mol. The lowest BCUT2D eigenvalue weighted by atomic mass is 9.95. The minimum atomic E-state index is -0.880. The van der Waals surface area contributed by atoms with Crippen LogP contribution in [0.3, 0.4) is 0 Å². The van der Waals surface area contributed by atoms with Crippen LogP contribution in [0, 0.1) is 23.7 Å². The number of anilines is 1. The molecular formula is C29H37N5O4. The summed E-state index contributed by atoms with van der Waals surface area (Å²) in [7, 11) is 1.83. The molecule has 202 valence electrons. The summed E-state index contributed by atoms with van der Waals surface area (Å²) in [4.78, 5) is 27.0. The zero-order chi connectivity index (χ0) is 27.9. The van der Waals surface area contributed by atoms with Gasteiger partial charge in [-0.3, -0.25) is 4.79 Å². The van der Waals surface area contributed by atoms with Crippen molar-refractivity contribution >= 4 is 23.9 Å². The second-order valence-electron chi connectivity index (χ2n) is 10.4. The van der Waals surface area contributed by atoms with Crippen molar-refractivity contribution < 1.29 is 19.1 Å². The quantitative estimate of drug-likeness (QED) is 0.469. The molecule has 0 aliphatic carbocycles. The van der Waals surface area contributed by atoms with Crippen molar-refractivity contribution in [3.63, 3.8) is 0 Å². The molecule has 1 heterocycles. The highest BCUT2D eigenvalue weighted by Gasteiger charge is 2.31. The highest BCUT2D eigenvalue weighted by molar-refractivity contribution is 5.88. The first kappa shape index (κ1) is 28.7. The number of nitrogens with one attached hydrogen (secondary N) is 3. The van der Waals surface area contributed by atoms with Gasteiger partial charge in [0.25, 0.3) is 5.91 Å². The number of nitriles is 1. The zero-order valence-electron chi connectivity index (χ0n) is 22.8. The highest BCUT2D eigenvalue weighted by Crippen LogP contribution is 2.27. The van der Waals surface area contributed by atoms with E-state index < -0.39 is 29.7 Å². The number of carbonyl (C=O) groups is 2. The summed E-state index contributed by atoms with van der Waals surface area (Å²) < 4.78 is 11.2. The Balaban J connectivity index is 1.67. The molecule has 38 heavy (non-hydrogen) atoms. The molecule has 2 aromatic rings. The van der Waals surface area contributed by atoms with Gasteiger partial charge >= 0.3 is 6.09 Å². The first-order chi connectivity index (χ1) is 18.0. The normalized spacial score (nSPS) is 16.5. The van der Waals surface area contributed by atoms with Crippen LogP contribution in [0.4, 0.5) is 10.5 Å². The Kier molecular flexibility index (Phi) is 9.48. The van der Waals surface area contributed by atoms with E-state index in [1.54, 1.807) is 20.8 Å². The fourth-order valence-electron chi connectivity index (χ4n) is 4.27. The molecule has 1 aliphatic rings. The largest absolute Gasteiger partial charge is 0.444 e. The van der Waals surface area contributed by atoms with Crippen LogP contribution >= 0.6 is 0 Å². The van der Waals surface area contributed by atoms with Crippen molar-refractivity contribution in [3.05, 3.63) is 53.1 Å². The third kappa shape index (κ3) is 7.56. The van der Waals surface area contributed by atoms with Gasteiger partial charge in [0, 0.05) is 44.1 Å². The standard InChI is InChI=1S/C29H37N5O4/c1-19-13-21(22-9-10-23(16-30)25(15-22)32-5)8-7-20(19)14-24(17-31)33-27(35)26-18-34(11-6-12-37-26)28(36)38-29(2,3)4/h7-10,13,15-16,24,26,30,32H,6,11-12,14,18H2,1-5H3,(H,33,35)/t24-,26-/m0/s1. The molecule has 0 saturated carbocycles. The monoisotopic (exact) mass is 519 g/mol. The third-order valence-corrected chi connectivity index (χ3v) is 6.27. The lowest BCUT2D eigenvalue weighted by molar-refractivity contribution is -0.133. The second-order valence-corrected chi connectivity index (χ2v) is 10.4. The van der Waals surface area contributed by atoms with E-state index in [-0.39, 0.29) is 6.54 Å².